The maximum absolute atomic E-state index is 14.5. The fraction of sp³-hybridized carbons (Fsp3) is 0.718. The van der Waals surface area contributed by atoms with Crippen molar-refractivity contribution < 1.29 is 38.9 Å². The number of nitrogens with zero attached hydrogens (tertiary/aromatic N) is 1. The molecule has 4 amide bonds. The zero-order chi connectivity index (χ0) is 37.7. The Morgan fingerprint density at radius 1 is 0.962 bits per heavy atom. The zero-order valence-electron chi connectivity index (χ0n) is 31.5. The Labute approximate surface area is 307 Å². The summed E-state index contributed by atoms with van der Waals surface area (Å²) < 4.78 is 6.12. The molecule has 5 rings (SSSR count). The molecule has 1 aliphatic heterocycles. The first-order valence-corrected chi connectivity index (χ1v) is 19.5. The number of Topliss-reactive ketones (excluding diaryl/α,β-unsaturated/α-hetero) is 1. The molecular weight excluding hydrogens is 666 g/mol. The van der Waals surface area contributed by atoms with E-state index >= 15 is 0 Å². The molecule has 52 heavy (non-hydrogen) atoms. The average Bonchev–Trinajstić information content (AvgIpc) is 3.78. The highest BCUT2D eigenvalue weighted by atomic mass is 16.6. The first-order valence-electron chi connectivity index (χ1n) is 19.5. The number of aliphatic hydroxyl groups excluding tert-OH is 2. The summed E-state index contributed by atoms with van der Waals surface area (Å²) in [5.74, 6) is -2.35. The molecular formula is C39H59N5O8. The zero-order valence-corrected chi connectivity index (χ0v) is 31.5. The molecule has 0 spiro atoms. The summed E-state index contributed by atoms with van der Waals surface area (Å²) in [5.41, 5.74) is 1.95. The van der Waals surface area contributed by atoms with Crippen LogP contribution in [0.1, 0.15) is 144 Å². The molecule has 7 atom stereocenters. The molecule has 0 radical (unpaired) electrons. The van der Waals surface area contributed by atoms with Crippen molar-refractivity contribution in [3.8, 4) is 0 Å². The van der Waals surface area contributed by atoms with Gasteiger partial charge >= 0.3 is 0 Å². The van der Waals surface area contributed by atoms with Crippen LogP contribution in [0.25, 0.3) is 0 Å². The van der Waals surface area contributed by atoms with Gasteiger partial charge in [-0.1, -0.05) is 51.5 Å². The van der Waals surface area contributed by atoms with Crippen molar-refractivity contribution in [2.75, 3.05) is 0 Å². The van der Waals surface area contributed by atoms with Crippen LogP contribution in [0.3, 0.4) is 0 Å². The number of ketones is 1. The molecule has 13 heteroatoms. The second-order valence-corrected chi connectivity index (χ2v) is 15.4. The summed E-state index contributed by atoms with van der Waals surface area (Å²) >= 11 is 0. The van der Waals surface area contributed by atoms with E-state index in [2.05, 4.69) is 20.9 Å². The maximum Gasteiger partial charge on any atom is 0.270 e. The van der Waals surface area contributed by atoms with Crippen LogP contribution in [0.2, 0.25) is 0 Å². The van der Waals surface area contributed by atoms with E-state index in [0.717, 1.165) is 57.8 Å². The van der Waals surface area contributed by atoms with E-state index in [0.29, 0.717) is 48.9 Å². The number of aryl methyl sites for hydroxylation is 1. The van der Waals surface area contributed by atoms with Crippen molar-refractivity contribution in [3.05, 3.63) is 34.3 Å². The molecule has 13 nitrogen and oxygen atoms in total. The number of aromatic amines is 1. The number of likely N-dealkylation sites (tertiary alicyclic amines) is 1. The smallest absolute Gasteiger partial charge is 0.270 e. The Bertz CT molecular complexity index is 1510. The summed E-state index contributed by atoms with van der Waals surface area (Å²) in [6.45, 7) is 8.57. The third-order valence-corrected chi connectivity index (χ3v) is 11.6. The van der Waals surface area contributed by atoms with Crippen molar-refractivity contribution in [1.29, 1.82) is 0 Å². The van der Waals surface area contributed by atoms with E-state index in [1.807, 2.05) is 6.92 Å². The fourth-order valence-corrected chi connectivity index (χ4v) is 8.59. The second kappa shape index (κ2) is 17.5. The van der Waals surface area contributed by atoms with Gasteiger partial charge in [-0.15, -0.1) is 0 Å². The number of allylic oxidation sites excluding steroid dienone is 1. The largest absolute Gasteiger partial charge is 0.381 e. The molecule has 3 saturated carbocycles. The molecule has 4 aliphatic rings. The predicted molar refractivity (Wildman–Crippen MR) is 194 cm³/mol. The van der Waals surface area contributed by atoms with Gasteiger partial charge in [0, 0.05) is 23.3 Å². The molecule has 0 aromatic carbocycles. The number of hydrogen-bond acceptors (Lipinski definition) is 8. The number of amides is 4. The van der Waals surface area contributed by atoms with Gasteiger partial charge in [0.05, 0.1) is 11.7 Å². The van der Waals surface area contributed by atoms with E-state index in [4.69, 9.17) is 4.74 Å². The lowest BCUT2D eigenvalue weighted by molar-refractivity contribution is -0.175. The van der Waals surface area contributed by atoms with Gasteiger partial charge in [0.2, 0.25) is 5.91 Å². The number of ether oxygens (including phenoxy) is 1. The SMILES string of the molecule is C/C=C(/NC(=O)[C@@H](OC(O)c1[nH]c(C)c(C)c1C(C)=O)C1CCCCC1)C(=O)N1C2CCCCC2C[C@H]1C(=O)N[C@@H](CCC)C(O)C(=O)NC1CC1. The quantitative estimate of drug-likeness (QED) is 0.0892. The Morgan fingerprint density at radius 2 is 1.63 bits per heavy atom. The topological polar surface area (TPSA) is 190 Å². The van der Waals surface area contributed by atoms with Crippen LogP contribution in [-0.4, -0.2) is 85.9 Å². The van der Waals surface area contributed by atoms with E-state index in [1.165, 1.54) is 13.0 Å². The van der Waals surface area contributed by atoms with Gasteiger partial charge in [-0.25, -0.2) is 0 Å². The minimum Gasteiger partial charge on any atom is -0.381 e. The number of fused-ring (bicyclic) bond motifs is 1. The second-order valence-electron chi connectivity index (χ2n) is 15.4. The molecule has 1 saturated heterocycles. The standard InChI is InChI=1S/C39H59N5O8/c1-6-13-28(33(46)36(48)41-26-18-19-26)43-35(47)30-20-25-16-11-12-17-29(25)44(30)38(50)27(7-2)42-37(49)34(24-14-9-8-10-15-24)52-39(51)32-31(23(5)45)21(3)22(4)40-32/h7,24-26,28-30,33-34,39-40,46,51H,6,8-20H2,1-5H3,(H,41,48)(H,42,49)(H,43,47)/b27-7+/t25?,28-,29?,30-,33?,34-,39?/m0/s1. The summed E-state index contributed by atoms with van der Waals surface area (Å²) in [7, 11) is 0. The molecule has 3 aliphatic carbocycles. The lowest BCUT2D eigenvalue weighted by atomic mass is 9.84. The molecule has 1 aromatic rings. The number of carbonyl (C=O) groups is 5. The van der Waals surface area contributed by atoms with Gasteiger partial charge in [-0.3, -0.25) is 24.0 Å². The van der Waals surface area contributed by atoms with Crippen LogP contribution < -0.4 is 16.0 Å². The Hall–Kier alpha value is -3.55. The number of hydrogen-bond donors (Lipinski definition) is 6. The third kappa shape index (κ3) is 8.97. The van der Waals surface area contributed by atoms with E-state index in [9.17, 15) is 34.2 Å². The summed E-state index contributed by atoms with van der Waals surface area (Å²) in [5, 5.41) is 30.8. The molecule has 6 N–H and O–H groups in total. The maximum atomic E-state index is 14.5. The number of nitrogens with one attached hydrogen (secondary N) is 4. The van der Waals surface area contributed by atoms with Crippen molar-refractivity contribution in [2.24, 2.45) is 11.8 Å². The van der Waals surface area contributed by atoms with Gasteiger partial charge in [0.25, 0.3) is 17.7 Å². The Kier molecular flexibility index (Phi) is 13.4. The molecule has 0 bridgehead atoms. The summed E-state index contributed by atoms with van der Waals surface area (Å²) in [6, 6.07) is -1.80. The number of rotatable bonds is 15. The first-order chi connectivity index (χ1) is 24.9. The van der Waals surface area contributed by atoms with Gasteiger partial charge in [-0.2, -0.15) is 0 Å². The van der Waals surface area contributed by atoms with Crippen LogP contribution in [0.15, 0.2) is 11.8 Å². The number of carbonyl (C=O) groups excluding carboxylic acids is 5. The van der Waals surface area contributed by atoms with Crippen LogP contribution in [0.5, 0.6) is 0 Å². The molecule has 288 valence electrons. The van der Waals surface area contributed by atoms with Crippen LogP contribution in [0, 0.1) is 25.7 Å². The summed E-state index contributed by atoms with van der Waals surface area (Å²) in [6.07, 6.45) is 8.34. The lowest BCUT2D eigenvalue weighted by Gasteiger charge is -2.35. The molecule has 2 heterocycles. The predicted octanol–water partition coefficient (Wildman–Crippen LogP) is 3.89. The van der Waals surface area contributed by atoms with Crippen molar-refractivity contribution in [1.82, 2.24) is 25.8 Å². The minimum atomic E-state index is -1.58. The number of H-pyrrole nitrogens is 1. The first kappa shape index (κ1) is 39.7. The van der Waals surface area contributed by atoms with Gasteiger partial charge in [0.15, 0.2) is 18.2 Å². The number of aliphatic hydroxyl groups is 2. The van der Waals surface area contributed by atoms with E-state index < -0.39 is 54.2 Å². The third-order valence-electron chi connectivity index (χ3n) is 11.6. The average molecular weight is 726 g/mol. The highest BCUT2D eigenvalue weighted by Crippen LogP contribution is 2.41. The number of aromatic nitrogens is 1. The normalized spacial score (nSPS) is 24.7. The lowest BCUT2D eigenvalue weighted by Crippen LogP contribution is -2.57. The molecule has 1 aromatic heterocycles. The Balaban J connectivity index is 1.35. The highest BCUT2D eigenvalue weighted by Gasteiger charge is 2.49. The van der Waals surface area contributed by atoms with Gasteiger partial charge in [0.1, 0.15) is 17.8 Å². The van der Waals surface area contributed by atoms with Crippen molar-refractivity contribution in [3.63, 3.8) is 0 Å². The minimum absolute atomic E-state index is 0.0119. The van der Waals surface area contributed by atoms with Crippen molar-refractivity contribution >= 4 is 29.4 Å². The van der Waals surface area contributed by atoms with Crippen LogP contribution in [-0.2, 0) is 23.9 Å². The van der Waals surface area contributed by atoms with E-state index in [1.54, 1.807) is 25.7 Å². The summed E-state index contributed by atoms with van der Waals surface area (Å²) in [4.78, 5) is 72.6. The van der Waals surface area contributed by atoms with Crippen LogP contribution >= 0.6 is 0 Å². The van der Waals surface area contributed by atoms with Crippen molar-refractivity contribution in [2.45, 2.75) is 167 Å². The molecule has 4 unspecified atom stereocenters. The highest BCUT2D eigenvalue weighted by molar-refractivity contribution is 6.01. The van der Waals surface area contributed by atoms with Crippen LogP contribution in [0.4, 0.5) is 0 Å². The van der Waals surface area contributed by atoms with Gasteiger partial charge in [-0.05, 0) is 96.5 Å². The van der Waals surface area contributed by atoms with Gasteiger partial charge < -0.3 is 40.8 Å². The van der Waals surface area contributed by atoms with E-state index in [-0.39, 0.29) is 41.1 Å². The molecule has 4 fully saturated rings. The Morgan fingerprint density at radius 3 is 2.27 bits per heavy atom. The fourth-order valence-electron chi connectivity index (χ4n) is 8.59. The monoisotopic (exact) mass is 725 g/mol.